The van der Waals surface area contributed by atoms with Crippen molar-refractivity contribution >= 4 is 11.8 Å². The highest BCUT2D eigenvalue weighted by atomic mass is 19.1. The van der Waals surface area contributed by atoms with Crippen molar-refractivity contribution in [3.8, 4) is 11.8 Å². The van der Waals surface area contributed by atoms with Crippen molar-refractivity contribution in [3.05, 3.63) is 114 Å². The number of nitrogens with zero attached hydrogens (tertiary/aromatic N) is 4. The van der Waals surface area contributed by atoms with Crippen molar-refractivity contribution in [2.45, 2.75) is 45.3 Å². The molecule has 0 bridgehead atoms. The fourth-order valence-corrected chi connectivity index (χ4v) is 3.78. The Labute approximate surface area is 226 Å². The van der Waals surface area contributed by atoms with Gasteiger partial charge in [0.25, 0.3) is 0 Å². The van der Waals surface area contributed by atoms with Gasteiger partial charge < -0.3 is 15.2 Å². The summed E-state index contributed by atoms with van der Waals surface area (Å²) in [6.45, 7) is 5.81. The van der Waals surface area contributed by atoms with Gasteiger partial charge in [-0.2, -0.15) is 4.98 Å². The molecule has 1 unspecified atom stereocenters. The molecule has 0 spiro atoms. The van der Waals surface area contributed by atoms with Gasteiger partial charge in [0.05, 0.1) is 18.7 Å². The number of rotatable bonds is 9. The summed E-state index contributed by atoms with van der Waals surface area (Å²) in [7, 11) is 0. The number of pyridine rings is 1. The molecule has 4 aromatic rings. The van der Waals surface area contributed by atoms with Crippen molar-refractivity contribution in [2.75, 3.05) is 0 Å². The first kappa shape index (κ1) is 27.4. The maximum atomic E-state index is 13.6. The fourth-order valence-electron chi connectivity index (χ4n) is 3.78. The highest BCUT2D eigenvalue weighted by Gasteiger charge is 2.24. The van der Waals surface area contributed by atoms with Crippen LogP contribution in [0.15, 0.2) is 90.2 Å². The van der Waals surface area contributed by atoms with Crippen LogP contribution in [0, 0.1) is 5.82 Å². The number of benzene rings is 2. The Bertz CT molecular complexity index is 1420. The number of nitrogens with two attached hydrogens (primary N) is 1. The molecule has 4 rings (SSSR count). The smallest absolute Gasteiger partial charge is 0.322 e. The average molecular weight is 528 g/mol. The van der Waals surface area contributed by atoms with Gasteiger partial charge in [0, 0.05) is 18.3 Å². The minimum absolute atomic E-state index is 0.0240. The summed E-state index contributed by atoms with van der Waals surface area (Å²) in [5.74, 6) is -0.336. The fraction of sp³-hybridized carbons (Fsp3) is 0.233. The van der Waals surface area contributed by atoms with Crippen molar-refractivity contribution in [1.82, 2.24) is 15.0 Å². The number of aliphatic imine (C=N–C) groups is 1. The molecule has 1 atom stereocenters. The van der Waals surface area contributed by atoms with Crippen molar-refractivity contribution in [3.63, 3.8) is 0 Å². The van der Waals surface area contributed by atoms with E-state index in [4.69, 9.17) is 15.2 Å². The molecule has 0 fully saturated rings. The van der Waals surface area contributed by atoms with Crippen LogP contribution in [0.4, 0.5) is 4.39 Å². The quantitative estimate of drug-likeness (QED) is 0.172. The molecule has 0 aliphatic rings. The minimum Gasteiger partial charge on any atom is -0.460 e. The van der Waals surface area contributed by atoms with E-state index in [1.165, 1.54) is 12.1 Å². The highest BCUT2D eigenvalue weighted by molar-refractivity contribution is 5.95. The lowest BCUT2D eigenvalue weighted by Gasteiger charge is -2.22. The van der Waals surface area contributed by atoms with Gasteiger partial charge in [0.15, 0.2) is 0 Å². The van der Waals surface area contributed by atoms with Gasteiger partial charge in [-0.25, -0.2) is 9.37 Å². The zero-order chi connectivity index (χ0) is 27.8. The molecule has 2 aromatic carbocycles. The molecule has 8 nitrogen and oxygen atoms in total. The molecule has 2 aromatic heterocycles. The van der Waals surface area contributed by atoms with E-state index in [2.05, 4.69) is 19.9 Å². The van der Waals surface area contributed by atoms with E-state index < -0.39 is 11.5 Å². The lowest BCUT2D eigenvalue weighted by molar-refractivity contribution is -0.155. The van der Waals surface area contributed by atoms with Gasteiger partial charge in [-0.05, 0) is 74.4 Å². The first-order valence-corrected chi connectivity index (χ1v) is 12.4. The molecule has 0 amide bonds. The molecule has 9 heteroatoms. The number of halogens is 1. The van der Waals surface area contributed by atoms with E-state index in [0.29, 0.717) is 29.5 Å². The number of carbonyl (C=O) groups excluding carboxylic acids is 1. The van der Waals surface area contributed by atoms with E-state index in [1.54, 1.807) is 48.8 Å². The zero-order valence-electron chi connectivity index (χ0n) is 22.0. The van der Waals surface area contributed by atoms with Gasteiger partial charge in [-0.15, -0.1) is 0 Å². The third-order valence-corrected chi connectivity index (χ3v) is 5.57. The van der Waals surface area contributed by atoms with E-state index in [0.717, 1.165) is 11.1 Å². The van der Waals surface area contributed by atoms with Crippen LogP contribution in [0.2, 0.25) is 0 Å². The Morgan fingerprint density at radius 3 is 2.38 bits per heavy atom. The second-order valence-corrected chi connectivity index (χ2v) is 9.82. The maximum Gasteiger partial charge on any atom is 0.322 e. The second-order valence-electron chi connectivity index (χ2n) is 9.82. The third kappa shape index (κ3) is 8.16. The third-order valence-electron chi connectivity index (χ3n) is 5.57. The summed E-state index contributed by atoms with van der Waals surface area (Å²) < 4.78 is 25.0. The molecule has 2 heterocycles. The number of hydrogen-bond acceptors (Lipinski definition) is 7. The first-order chi connectivity index (χ1) is 18.7. The Morgan fingerprint density at radius 1 is 0.974 bits per heavy atom. The normalized spacial score (nSPS) is 12.6. The molecule has 200 valence electrons. The molecule has 0 radical (unpaired) electrons. The number of amidine groups is 1. The molecular weight excluding hydrogens is 497 g/mol. The van der Waals surface area contributed by atoms with Crippen LogP contribution >= 0.6 is 0 Å². The average Bonchev–Trinajstić information content (AvgIpc) is 2.91. The number of carbonyl (C=O) groups is 1. The predicted molar refractivity (Wildman–Crippen MR) is 146 cm³/mol. The Balaban J connectivity index is 1.48. The molecule has 0 saturated heterocycles. The van der Waals surface area contributed by atoms with Gasteiger partial charge in [-0.3, -0.25) is 14.8 Å². The molecule has 0 saturated carbocycles. The lowest BCUT2D eigenvalue weighted by atomic mass is 9.92. The second kappa shape index (κ2) is 12.3. The summed E-state index contributed by atoms with van der Waals surface area (Å²) in [5.41, 5.74) is 8.22. The molecule has 0 aliphatic carbocycles. The van der Waals surface area contributed by atoms with Gasteiger partial charge in [0.1, 0.15) is 28.7 Å². The molecule has 2 N–H and O–H groups in total. The zero-order valence-corrected chi connectivity index (χ0v) is 22.0. The van der Waals surface area contributed by atoms with Gasteiger partial charge in [0.2, 0.25) is 0 Å². The van der Waals surface area contributed by atoms with Crippen LogP contribution in [0.3, 0.4) is 0 Å². The van der Waals surface area contributed by atoms with Crippen LogP contribution in [-0.2, 0) is 16.1 Å². The van der Waals surface area contributed by atoms with Crippen molar-refractivity contribution in [1.29, 1.82) is 0 Å². The summed E-state index contributed by atoms with van der Waals surface area (Å²) in [6.07, 6.45) is 3.25. The Morgan fingerprint density at radius 2 is 1.72 bits per heavy atom. The standard InChI is InChI=1S/C30H30FN5O3/c1-30(2,3)39-27(37)18-24(21-9-11-22(31)12-10-21)25-15-17-34-29(36-25)38-23-13-7-20(8-14-23)19-35-28(32)26-6-4-5-16-33-26/h4-17,24H,18-19H2,1-3H3,(H2,32,35). The highest BCUT2D eigenvalue weighted by Crippen LogP contribution is 2.30. The van der Waals surface area contributed by atoms with E-state index in [9.17, 15) is 9.18 Å². The van der Waals surface area contributed by atoms with E-state index in [-0.39, 0.29) is 24.2 Å². The largest absolute Gasteiger partial charge is 0.460 e. The van der Waals surface area contributed by atoms with E-state index in [1.807, 2.05) is 45.0 Å². The summed E-state index contributed by atoms with van der Waals surface area (Å²) in [6, 6.07) is 20.6. The summed E-state index contributed by atoms with van der Waals surface area (Å²) in [4.78, 5) is 30.0. The van der Waals surface area contributed by atoms with Gasteiger partial charge in [-0.1, -0.05) is 30.3 Å². The number of hydrogen-bond donors (Lipinski definition) is 1. The van der Waals surface area contributed by atoms with Crippen LogP contribution < -0.4 is 10.5 Å². The number of aromatic nitrogens is 3. The van der Waals surface area contributed by atoms with E-state index >= 15 is 0 Å². The number of esters is 1. The Hall–Kier alpha value is -4.66. The predicted octanol–water partition coefficient (Wildman–Crippen LogP) is 5.57. The molecule has 39 heavy (non-hydrogen) atoms. The van der Waals surface area contributed by atoms with Crippen LogP contribution in [0.5, 0.6) is 11.8 Å². The van der Waals surface area contributed by atoms with Crippen molar-refractivity contribution < 1.29 is 18.7 Å². The van der Waals surface area contributed by atoms with Gasteiger partial charge >= 0.3 is 12.0 Å². The number of ether oxygens (including phenoxy) is 2. The maximum absolute atomic E-state index is 13.6. The molecule has 0 aliphatic heterocycles. The monoisotopic (exact) mass is 527 g/mol. The topological polar surface area (TPSA) is 113 Å². The minimum atomic E-state index is -0.633. The molecular formula is C30H30FN5O3. The van der Waals surface area contributed by atoms with Crippen molar-refractivity contribution in [2.24, 2.45) is 10.7 Å². The summed E-state index contributed by atoms with van der Waals surface area (Å²) in [5, 5.41) is 0. The van der Waals surface area contributed by atoms with Crippen LogP contribution in [0.1, 0.15) is 55.6 Å². The first-order valence-electron chi connectivity index (χ1n) is 12.4. The lowest BCUT2D eigenvalue weighted by Crippen LogP contribution is -2.25. The SMILES string of the molecule is CC(C)(C)OC(=O)CC(c1ccc(F)cc1)c1ccnc(Oc2ccc(CN=C(N)c3ccccn3)cc2)n1. The van der Waals surface area contributed by atoms with Crippen LogP contribution in [-0.4, -0.2) is 32.4 Å². The van der Waals surface area contributed by atoms with Crippen LogP contribution in [0.25, 0.3) is 0 Å². The Kier molecular flexibility index (Phi) is 8.60. The summed E-state index contributed by atoms with van der Waals surface area (Å²) >= 11 is 0.